The van der Waals surface area contributed by atoms with Gasteiger partial charge in [-0.05, 0) is 49.0 Å². The average molecular weight is 405 g/mol. The van der Waals surface area contributed by atoms with E-state index in [0.29, 0.717) is 23.1 Å². The molecule has 0 bridgehead atoms. The lowest BCUT2D eigenvalue weighted by atomic mass is 9.84. The van der Waals surface area contributed by atoms with Crippen LogP contribution in [0.1, 0.15) is 42.4 Å². The maximum atomic E-state index is 13.0. The summed E-state index contributed by atoms with van der Waals surface area (Å²) in [5.74, 6) is 0.518. The van der Waals surface area contributed by atoms with Crippen molar-refractivity contribution in [3.05, 3.63) is 75.0 Å². The van der Waals surface area contributed by atoms with Gasteiger partial charge in [-0.25, -0.2) is 4.79 Å². The van der Waals surface area contributed by atoms with Gasteiger partial charge in [0.25, 0.3) is 0 Å². The summed E-state index contributed by atoms with van der Waals surface area (Å²) in [5.41, 5.74) is 4.87. The lowest BCUT2D eigenvalue weighted by Crippen LogP contribution is -2.35. The van der Waals surface area contributed by atoms with E-state index in [4.69, 9.17) is 4.42 Å². The van der Waals surface area contributed by atoms with E-state index in [9.17, 15) is 4.79 Å². The van der Waals surface area contributed by atoms with Crippen molar-refractivity contribution >= 4 is 33.5 Å². The number of rotatable bonds is 1. The molecule has 0 fully saturated rings. The summed E-state index contributed by atoms with van der Waals surface area (Å²) >= 11 is 1.42. The van der Waals surface area contributed by atoms with Gasteiger partial charge in [-0.2, -0.15) is 0 Å². The fourth-order valence-corrected chi connectivity index (χ4v) is 5.32. The summed E-state index contributed by atoms with van der Waals surface area (Å²) in [5, 5.41) is 1.67. The number of anilines is 1. The van der Waals surface area contributed by atoms with Gasteiger partial charge >= 0.3 is 5.63 Å². The number of aryl methyl sites for hydroxylation is 1. The van der Waals surface area contributed by atoms with E-state index in [-0.39, 0.29) is 5.63 Å². The number of aliphatic imine (C=N–C) groups is 1. The van der Waals surface area contributed by atoms with Crippen molar-refractivity contribution < 1.29 is 4.42 Å². The molecular weight excluding hydrogens is 380 g/mol. The molecule has 1 aromatic heterocycles. The maximum Gasteiger partial charge on any atom is 0.346 e. The van der Waals surface area contributed by atoms with Crippen LogP contribution in [0.15, 0.2) is 62.1 Å². The van der Waals surface area contributed by atoms with E-state index in [1.54, 1.807) is 0 Å². The molecule has 1 unspecified atom stereocenters. The Labute approximate surface area is 174 Å². The third kappa shape index (κ3) is 3.27. The van der Waals surface area contributed by atoms with Crippen LogP contribution in [-0.2, 0) is 6.42 Å². The zero-order valence-corrected chi connectivity index (χ0v) is 17.4. The third-order valence-electron chi connectivity index (χ3n) is 5.98. The molecule has 2 aromatic rings. The van der Waals surface area contributed by atoms with Crippen LogP contribution in [0.3, 0.4) is 0 Å². The van der Waals surface area contributed by atoms with Gasteiger partial charge in [-0.15, -0.1) is 0 Å². The highest BCUT2D eigenvalue weighted by atomic mass is 32.2. The number of allylic oxidation sites excluding steroid dienone is 3. The summed E-state index contributed by atoms with van der Waals surface area (Å²) in [6, 6.07) is 4.21. The smallest absolute Gasteiger partial charge is 0.346 e. The summed E-state index contributed by atoms with van der Waals surface area (Å²) in [6.07, 6.45) is 11.0. The van der Waals surface area contributed by atoms with Crippen LogP contribution in [0.25, 0.3) is 11.0 Å². The highest BCUT2D eigenvalue weighted by Gasteiger charge is 2.30. The molecule has 0 saturated heterocycles. The molecule has 0 spiro atoms. The fourth-order valence-electron chi connectivity index (χ4n) is 4.53. The van der Waals surface area contributed by atoms with E-state index < -0.39 is 0 Å². The summed E-state index contributed by atoms with van der Waals surface area (Å²) in [7, 11) is 0. The first-order valence-electron chi connectivity index (χ1n) is 10.2. The summed E-state index contributed by atoms with van der Waals surface area (Å²) in [4.78, 5) is 20.9. The Balaban J connectivity index is 1.70. The Morgan fingerprint density at radius 2 is 2.17 bits per heavy atom. The first-order valence-corrected chi connectivity index (χ1v) is 11.1. The van der Waals surface area contributed by atoms with E-state index in [1.807, 2.05) is 30.4 Å². The van der Waals surface area contributed by atoms with Gasteiger partial charge in [0, 0.05) is 34.6 Å². The Bertz CT molecular complexity index is 1160. The van der Waals surface area contributed by atoms with Gasteiger partial charge in [0.2, 0.25) is 0 Å². The van der Waals surface area contributed by atoms with Gasteiger partial charge in [-0.3, -0.25) is 4.99 Å². The quantitative estimate of drug-likeness (QED) is 0.615. The number of hydrogen-bond donors (Lipinski definition) is 0. The van der Waals surface area contributed by atoms with Gasteiger partial charge in [0.15, 0.2) is 0 Å². The number of thioether (sulfide) groups is 1. The molecule has 1 aromatic carbocycles. The van der Waals surface area contributed by atoms with Crippen molar-refractivity contribution in [2.75, 3.05) is 24.5 Å². The normalized spacial score (nSPS) is 23.6. The lowest BCUT2D eigenvalue weighted by Gasteiger charge is -2.39. The van der Waals surface area contributed by atoms with Crippen molar-refractivity contribution in [2.24, 2.45) is 4.99 Å². The van der Waals surface area contributed by atoms with Crippen molar-refractivity contribution in [1.29, 1.82) is 0 Å². The van der Waals surface area contributed by atoms with Gasteiger partial charge < -0.3 is 9.32 Å². The predicted molar refractivity (Wildman–Crippen MR) is 122 cm³/mol. The minimum absolute atomic E-state index is 0.319. The minimum atomic E-state index is -0.319. The Kier molecular flexibility index (Phi) is 4.70. The number of benzene rings is 1. The fraction of sp³-hybridized carbons (Fsp3) is 0.333. The van der Waals surface area contributed by atoms with Crippen molar-refractivity contribution in [3.8, 4) is 0 Å². The molecule has 0 aliphatic carbocycles. The second kappa shape index (κ2) is 7.38. The molecule has 3 aliphatic heterocycles. The molecule has 29 heavy (non-hydrogen) atoms. The standard InChI is InChI=1S/C24H24N2O2S/c1-15-9-12-26-11-6-8-18-21(26)19(15)13-17-14-20(24(27)28-22(17)18)23-25-10-5-3-4-7-16(2)29-23/h3-5,7,13-15H,2,6,8-12H2,1H3/b5-3-,7-4-,25-23?. The number of fused-ring (bicyclic) bond motifs is 2. The molecule has 1 atom stereocenters. The maximum absolute atomic E-state index is 13.0. The third-order valence-corrected chi connectivity index (χ3v) is 6.92. The number of nitrogens with zero attached hydrogens (tertiary/aromatic N) is 2. The predicted octanol–water partition coefficient (Wildman–Crippen LogP) is 5.17. The number of hydrogen-bond acceptors (Lipinski definition) is 5. The largest absolute Gasteiger partial charge is 0.422 e. The van der Waals surface area contributed by atoms with Crippen molar-refractivity contribution in [3.63, 3.8) is 0 Å². The Morgan fingerprint density at radius 3 is 3.07 bits per heavy atom. The highest BCUT2D eigenvalue weighted by Crippen LogP contribution is 2.44. The molecule has 0 radical (unpaired) electrons. The molecule has 148 valence electrons. The van der Waals surface area contributed by atoms with E-state index in [1.165, 1.54) is 35.0 Å². The van der Waals surface area contributed by atoms with Gasteiger partial charge in [-0.1, -0.05) is 43.5 Å². The SMILES string of the molecule is C=C1/C=C\C=C/CN=C(c2cc3cc4c5c(c3oc2=O)CCCN5CCC4C)S1. The topological polar surface area (TPSA) is 45.8 Å². The average Bonchev–Trinajstić information content (AvgIpc) is 2.82. The molecule has 0 N–H and O–H groups in total. The highest BCUT2D eigenvalue weighted by molar-refractivity contribution is 8.17. The van der Waals surface area contributed by atoms with Gasteiger partial charge in [0.1, 0.15) is 10.6 Å². The first-order chi connectivity index (χ1) is 14.1. The van der Waals surface area contributed by atoms with E-state index in [0.717, 1.165) is 41.8 Å². The van der Waals surface area contributed by atoms with Crippen LogP contribution in [-0.4, -0.2) is 24.7 Å². The monoisotopic (exact) mass is 404 g/mol. The second-order valence-electron chi connectivity index (χ2n) is 7.94. The first kappa shape index (κ1) is 18.5. The summed E-state index contributed by atoms with van der Waals surface area (Å²) < 4.78 is 5.95. The van der Waals surface area contributed by atoms with Crippen molar-refractivity contribution in [1.82, 2.24) is 0 Å². The van der Waals surface area contributed by atoms with E-state index >= 15 is 0 Å². The molecule has 4 nitrogen and oxygen atoms in total. The van der Waals surface area contributed by atoms with Crippen LogP contribution in [0.5, 0.6) is 0 Å². The zero-order chi connectivity index (χ0) is 20.0. The lowest BCUT2D eigenvalue weighted by molar-refractivity contribution is 0.542. The van der Waals surface area contributed by atoms with Crippen LogP contribution in [0.2, 0.25) is 0 Å². The summed E-state index contributed by atoms with van der Waals surface area (Å²) in [6.45, 7) is 9.07. The van der Waals surface area contributed by atoms with Gasteiger partial charge in [0.05, 0.1) is 12.1 Å². The molecule has 0 saturated carbocycles. The van der Waals surface area contributed by atoms with Crippen LogP contribution in [0, 0.1) is 0 Å². The van der Waals surface area contributed by atoms with Crippen LogP contribution in [0.4, 0.5) is 5.69 Å². The molecule has 5 heteroatoms. The molecule has 3 aliphatic rings. The van der Waals surface area contributed by atoms with Crippen LogP contribution >= 0.6 is 11.8 Å². The minimum Gasteiger partial charge on any atom is -0.422 e. The zero-order valence-electron chi connectivity index (χ0n) is 16.6. The van der Waals surface area contributed by atoms with E-state index in [2.05, 4.69) is 29.5 Å². The van der Waals surface area contributed by atoms with Crippen LogP contribution < -0.4 is 10.5 Å². The Hall–Kier alpha value is -2.53. The molecule has 4 heterocycles. The van der Waals surface area contributed by atoms with Crippen molar-refractivity contribution in [2.45, 2.75) is 32.1 Å². The molecular formula is C24H24N2O2S. The Morgan fingerprint density at radius 1 is 1.28 bits per heavy atom. The second-order valence-corrected chi connectivity index (χ2v) is 9.06. The molecule has 5 rings (SSSR count). The molecule has 0 amide bonds.